The smallest absolute Gasteiger partial charge is 0.289 e. The van der Waals surface area contributed by atoms with Crippen molar-refractivity contribution in [3.8, 4) is 0 Å². The van der Waals surface area contributed by atoms with Gasteiger partial charge in [-0.15, -0.1) is 0 Å². The highest BCUT2D eigenvalue weighted by molar-refractivity contribution is 6.00. The summed E-state index contributed by atoms with van der Waals surface area (Å²) in [5, 5.41) is 1.07. The Kier molecular flexibility index (Phi) is 5.17. The number of furan rings is 1. The molecule has 0 unspecified atom stereocenters. The van der Waals surface area contributed by atoms with Crippen molar-refractivity contribution >= 4 is 22.8 Å². The molecular weight excluding hydrogens is 352 g/mol. The highest BCUT2D eigenvalue weighted by Gasteiger charge is 2.30. The highest BCUT2D eigenvalue weighted by atomic mass is 16.3. The summed E-state index contributed by atoms with van der Waals surface area (Å²) >= 11 is 0. The van der Waals surface area contributed by atoms with E-state index in [1.165, 1.54) is 0 Å². The van der Waals surface area contributed by atoms with Gasteiger partial charge in [0.05, 0.1) is 0 Å². The fourth-order valence-corrected chi connectivity index (χ4v) is 4.71. The van der Waals surface area contributed by atoms with Crippen LogP contribution in [0.25, 0.3) is 11.0 Å². The molecule has 28 heavy (non-hydrogen) atoms. The molecule has 0 bridgehead atoms. The van der Waals surface area contributed by atoms with Gasteiger partial charge in [0.25, 0.3) is 5.91 Å². The van der Waals surface area contributed by atoms with Crippen molar-refractivity contribution in [2.45, 2.75) is 52.9 Å². The van der Waals surface area contributed by atoms with Crippen molar-refractivity contribution in [3.05, 3.63) is 34.6 Å². The van der Waals surface area contributed by atoms with Gasteiger partial charge in [0, 0.05) is 43.5 Å². The molecule has 0 N–H and O–H groups in total. The third-order valence-corrected chi connectivity index (χ3v) is 6.48. The molecule has 4 rings (SSSR count). The monoisotopic (exact) mass is 382 g/mol. The molecule has 2 fully saturated rings. The Labute approximate surface area is 166 Å². The summed E-state index contributed by atoms with van der Waals surface area (Å²) < 4.78 is 6.04. The number of piperidine rings is 2. The molecule has 0 aliphatic carbocycles. The molecule has 0 spiro atoms. The van der Waals surface area contributed by atoms with Gasteiger partial charge >= 0.3 is 0 Å². The lowest BCUT2D eigenvalue weighted by Crippen LogP contribution is -2.44. The lowest BCUT2D eigenvalue weighted by molar-refractivity contribution is -0.134. The summed E-state index contributed by atoms with van der Waals surface area (Å²) in [6, 6.07) is 4.13. The van der Waals surface area contributed by atoms with Crippen LogP contribution in [0.5, 0.6) is 0 Å². The van der Waals surface area contributed by atoms with Crippen molar-refractivity contribution in [2.24, 2.45) is 5.92 Å². The maximum absolute atomic E-state index is 13.1. The van der Waals surface area contributed by atoms with Crippen molar-refractivity contribution in [2.75, 3.05) is 26.2 Å². The van der Waals surface area contributed by atoms with Crippen LogP contribution in [0, 0.1) is 26.7 Å². The van der Waals surface area contributed by atoms with E-state index in [0.29, 0.717) is 24.0 Å². The maximum Gasteiger partial charge on any atom is 0.289 e. The predicted molar refractivity (Wildman–Crippen MR) is 109 cm³/mol. The minimum Gasteiger partial charge on any atom is -0.450 e. The topological polar surface area (TPSA) is 53.8 Å². The van der Waals surface area contributed by atoms with E-state index >= 15 is 0 Å². The molecule has 1 aromatic heterocycles. The second-order valence-electron chi connectivity index (χ2n) is 8.49. The molecule has 0 saturated carbocycles. The molecule has 0 atom stereocenters. The lowest BCUT2D eigenvalue weighted by atomic mass is 9.95. The molecule has 2 aromatic rings. The number of hydrogen-bond donors (Lipinski definition) is 0. The Morgan fingerprint density at radius 2 is 1.79 bits per heavy atom. The second kappa shape index (κ2) is 7.61. The molecule has 2 amide bonds. The number of nitrogens with zero attached hydrogens (tertiary/aromatic N) is 2. The lowest BCUT2D eigenvalue weighted by Gasteiger charge is -2.36. The minimum atomic E-state index is -0.00000102. The number of aryl methyl sites for hydroxylation is 3. The average molecular weight is 383 g/mol. The SMILES string of the molecule is Cc1ccc(C)c2c(C)c(C(=O)N3CCC(CN4CCCCC4=O)CC3)oc12. The first-order valence-electron chi connectivity index (χ1n) is 10.5. The van der Waals surface area contributed by atoms with Gasteiger partial charge in [0.15, 0.2) is 5.76 Å². The van der Waals surface area contributed by atoms with Crippen LogP contribution in [0.1, 0.15) is 59.3 Å². The zero-order chi connectivity index (χ0) is 19.8. The molecular formula is C23H30N2O3. The Bertz CT molecular complexity index is 906. The van der Waals surface area contributed by atoms with E-state index in [2.05, 4.69) is 13.0 Å². The number of amides is 2. The number of likely N-dealkylation sites (tertiary alicyclic amines) is 2. The maximum atomic E-state index is 13.1. The molecule has 1 aromatic carbocycles. The van der Waals surface area contributed by atoms with Crippen molar-refractivity contribution < 1.29 is 14.0 Å². The fourth-order valence-electron chi connectivity index (χ4n) is 4.71. The van der Waals surface area contributed by atoms with Gasteiger partial charge in [-0.05, 0) is 63.5 Å². The van der Waals surface area contributed by atoms with Gasteiger partial charge in [-0.25, -0.2) is 0 Å². The average Bonchev–Trinajstić information content (AvgIpc) is 3.05. The largest absolute Gasteiger partial charge is 0.450 e. The van der Waals surface area contributed by atoms with E-state index in [9.17, 15) is 9.59 Å². The normalized spacial score (nSPS) is 18.9. The Morgan fingerprint density at radius 1 is 1.07 bits per heavy atom. The van der Waals surface area contributed by atoms with Crippen LogP contribution >= 0.6 is 0 Å². The van der Waals surface area contributed by atoms with Crippen LogP contribution in [0.3, 0.4) is 0 Å². The van der Waals surface area contributed by atoms with Crippen LogP contribution < -0.4 is 0 Å². The number of carbonyl (C=O) groups is 2. The van der Waals surface area contributed by atoms with Gasteiger partial charge in [0.2, 0.25) is 5.91 Å². The van der Waals surface area contributed by atoms with Crippen molar-refractivity contribution in [3.63, 3.8) is 0 Å². The van der Waals surface area contributed by atoms with E-state index < -0.39 is 0 Å². The van der Waals surface area contributed by atoms with Crippen LogP contribution in [-0.2, 0) is 4.79 Å². The summed E-state index contributed by atoms with van der Waals surface area (Å²) in [6.45, 7) is 9.29. The van der Waals surface area contributed by atoms with Gasteiger partial charge in [-0.3, -0.25) is 9.59 Å². The van der Waals surface area contributed by atoms with Crippen LogP contribution in [0.2, 0.25) is 0 Å². The first-order valence-corrected chi connectivity index (χ1v) is 10.5. The number of rotatable bonds is 3. The van der Waals surface area contributed by atoms with Gasteiger partial charge in [-0.1, -0.05) is 12.1 Å². The second-order valence-corrected chi connectivity index (χ2v) is 8.49. The standard InChI is InChI=1S/C23H30N2O3/c1-15-7-8-16(2)21-20(15)17(3)22(28-21)23(27)24-12-9-18(10-13-24)14-25-11-5-4-6-19(25)26/h7-8,18H,4-6,9-14H2,1-3H3. The molecule has 150 valence electrons. The molecule has 2 saturated heterocycles. The minimum absolute atomic E-state index is 0.00000102. The van der Waals surface area contributed by atoms with E-state index in [0.717, 1.165) is 79.5 Å². The van der Waals surface area contributed by atoms with E-state index in [1.807, 2.05) is 29.7 Å². The van der Waals surface area contributed by atoms with Crippen molar-refractivity contribution in [1.82, 2.24) is 9.80 Å². The molecule has 5 nitrogen and oxygen atoms in total. The third kappa shape index (κ3) is 3.43. The molecule has 0 radical (unpaired) electrons. The molecule has 5 heteroatoms. The predicted octanol–water partition coefficient (Wildman–Crippen LogP) is 4.22. The Balaban J connectivity index is 1.44. The summed E-state index contributed by atoms with van der Waals surface area (Å²) in [7, 11) is 0. The first-order chi connectivity index (χ1) is 13.5. The van der Waals surface area contributed by atoms with Crippen molar-refractivity contribution in [1.29, 1.82) is 0 Å². The van der Waals surface area contributed by atoms with Crippen LogP contribution in [0.15, 0.2) is 16.5 Å². The summed E-state index contributed by atoms with van der Waals surface area (Å²) in [5.74, 6) is 1.28. The van der Waals surface area contributed by atoms with E-state index in [1.54, 1.807) is 0 Å². The quantitative estimate of drug-likeness (QED) is 0.798. The number of benzene rings is 1. The van der Waals surface area contributed by atoms with E-state index in [4.69, 9.17) is 4.42 Å². The van der Waals surface area contributed by atoms with Gasteiger partial charge in [0.1, 0.15) is 5.58 Å². The summed E-state index contributed by atoms with van der Waals surface area (Å²) in [6.07, 6.45) is 4.74. The summed E-state index contributed by atoms with van der Waals surface area (Å²) in [5.41, 5.74) is 3.99. The Hall–Kier alpha value is -2.30. The highest BCUT2D eigenvalue weighted by Crippen LogP contribution is 2.32. The molecule has 3 heterocycles. The first kappa shape index (κ1) is 19.0. The zero-order valence-electron chi connectivity index (χ0n) is 17.2. The molecule has 2 aliphatic heterocycles. The van der Waals surface area contributed by atoms with Gasteiger partial charge in [-0.2, -0.15) is 0 Å². The third-order valence-electron chi connectivity index (χ3n) is 6.48. The summed E-state index contributed by atoms with van der Waals surface area (Å²) in [4.78, 5) is 29.1. The number of hydrogen-bond acceptors (Lipinski definition) is 3. The number of fused-ring (bicyclic) bond motifs is 1. The number of carbonyl (C=O) groups excluding carboxylic acids is 2. The van der Waals surface area contributed by atoms with E-state index in [-0.39, 0.29) is 5.91 Å². The fraction of sp³-hybridized carbons (Fsp3) is 0.565. The van der Waals surface area contributed by atoms with Crippen LogP contribution in [-0.4, -0.2) is 47.8 Å². The molecule has 2 aliphatic rings. The Morgan fingerprint density at radius 3 is 2.46 bits per heavy atom. The van der Waals surface area contributed by atoms with Gasteiger partial charge < -0.3 is 14.2 Å². The van der Waals surface area contributed by atoms with Crippen LogP contribution in [0.4, 0.5) is 0 Å². The zero-order valence-corrected chi connectivity index (χ0v) is 17.2.